The van der Waals surface area contributed by atoms with Crippen molar-refractivity contribution >= 4 is 11.6 Å². The summed E-state index contributed by atoms with van der Waals surface area (Å²) < 4.78 is 0. The molecule has 0 saturated carbocycles. The molecule has 0 aromatic heterocycles. The third kappa shape index (κ3) is 4.80. The Morgan fingerprint density at radius 2 is 1.14 bits per heavy atom. The maximum absolute atomic E-state index is 13.1. The number of carbonyl (C=O) groups excluding carboxylic acids is 1. The van der Waals surface area contributed by atoms with Gasteiger partial charge in [0.15, 0.2) is 0 Å². The van der Waals surface area contributed by atoms with Gasteiger partial charge in [0.25, 0.3) is 5.91 Å². The topological polar surface area (TPSA) is 23.6 Å². The molecule has 0 aliphatic heterocycles. The molecular formula is C25H28N2O. The van der Waals surface area contributed by atoms with E-state index in [9.17, 15) is 4.79 Å². The second-order valence-electron chi connectivity index (χ2n) is 6.82. The van der Waals surface area contributed by atoms with E-state index >= 15 is 0 Å². The molecule has 0 bridgehead atoms. The number of hydrogen-bond donors (Lipinski definition) is 0. The summed E-state index contributed by atoms with van der Waals surface area (Å²) in [6, 6.07) is 28.8. The lowest BCUT2D eigenvalue weighted by molar-refractivity contribution is 0.0773. The van der Waals surface area contributed by atoms with Crippen LogP contribution >= 0.6 is 0 Å². The standard InChI is InChI=1S/C25H28N2O/c1-3-26(4-2)25(28)23-17-11-12-18-24(23)27(19-21-13-7-5-8-14-21)20-22-15-9-6-10-16-22/h5-18H,3-4,19-20H2,1-2H3. The molecule has 0 atom stereocenters. The van der Waals surface area contributed by atoms with Gasteiger partial charge in [0.05, 0.1) is 11.3 Å². The summed E-state index contributed by atoms with van der Waals surface area (Å²) in [6.07, 6.45) is 0. The minimum atomic E-state index is 0.0896. The normalized spacial score (nSPS) is 10.5. The molecule has 0 N–H and O–H groups in total. The molecule has 0 spiro atoms. The van der Waals surface area contributed by atoms with Crippen LogP contribution < -0.4 is 4.90 Å². The highest BCUT2D eigenvalue weighted by Gasteiger charge is 2.20. The van der Waals surface area contributed by atoms with Crippen LogP contribution in [0.15, 0.2) is 84.9 Å². The van der Waals surface area contributed by atoms with Gasteiger partial charge in [0.2, 0.25) is 0 Å². The van der Waals surface area contributed by atoms with Gasteiger partial charge in [-0.1, -0.05) is 72.8 Å². The first-order valence-corrected chi connectivity index (χ1v) is 9.94. The van der Waals surface area contributed by atoms with Crippen molar-refractivity contribution in [2.75, 3.05) is 18.0 Å². The van der Waals surface area contributed by atoms with E-state index < -0.39 is 0 Å². The van der Waals surface area contributed by atoms with Gasteiger partial charge in [-0.25, -0.2) is 0 Å². The van der Waals surface area contributed by atoms with Crippen molar-refractivity contribution in [2.24, 2.45) is 0 Å². The Labute approximate surface area is 168 Å². The van der Waals surface area contributed by atoms with Crippen molar-refractivity contribution in [2.45, 2.75) is 26.9 Å². The fraction of sp³-hybridized carbons (Fsp3) is 0.240. The minimum Gasteiger partial charge on any atom is -0.362 e. The first kappa shape index (κ1) is 19.7. The molecule has 3 rings (SSSR count). The lowest BCUT2D eigenvalue weighted by Gasteiger charge is -2.29. The minimum absolute atomic E-state index is 0.0896. The number of amides is 1. The van der Waals surface area contributed by atoms with Crippen LogP contribution in [0.4, 0.5) is 5.69 Å². The highest BCUT2D eigenvalue weighted by Crippen LogP contribution is 2.26. The van der Waals surface area contributed by atoms with Crippen molar-refractivity contribution in [3.63, 3.8) is 0 Å². The Morgan fingerprint density at radius 3 is 1.64 bits per heavy atom. The lowest BCUT2D eigenvalue weighted by atomic mass is 10.1. The Morgan fingerprint density at radius 1 is 0.679 bits per heavy atom. The molecule has 3 aromatic rings. The van der Waals surface area contributed by atoms with Gasteiger partial charge >= 0.3 is 0 Å². The van der Waals surface area contributed by atoms with E-state index in [1.165, 1.54) is 11.1 Å². The largest absolute Gasteiger partial charge is 0.362 e. The fourth-order valence-corrected chi connectivity index (χ4v) is 3.45. The number of benzene rings is 3. The van der Waals surface area contributed by atoms with Gasteiger partial charge < -0.3 is 9.80 Å². The van der Waals surface area contributed by atoms with E-state index in [1.54, 1.807) is 0 Å². The Hall–Kier alpha value is -3.07. The maximum atomic E-state index is 13.1. The summed E-state index contributed by atoms with van der Waals surface area (Å²) in [4.78, 5) is 17.3. The second-order valence-corrected chi connectivity index (χ2v) is 6.82. The molecule has 0 aliphatic carbocycles. The molecule has 0 saturated heterocycles. The van der Waals surface area contributed by atoms with Crippen molar-refractivity contribution < 1.29 is 4.79 Å². The van der Waals surface area contributed by atoms with Gasteiger partial charge in [-0.15, -0.1) is 0 Å². The highest BCUT2D eigenvalue weighted by atomic mass is 16.2. The SMILES string of the molecule is CCN(CC)C(=O)c1ccccc1N(Cc1ccccc1)Cc1ccccc1. The lowest BCUT2D eigenvalue weighted by Crippen LogP contribution is -2.32. The van der Waals surface area contributed by atoms with E-state index in [0.717, 1.165) is 24.3 Å². The number of hydrogen-bond acceptors (Lipinski definition) is 2. The predicted octanol–water partition coefficient (Wildman–Crippen LogP) is 5.38. The van der Waals surface area contributed by atoms with Crippen LogP contribution in [0.2, 0.25) is 0 Å². The molecule has 1 amide bonds. The molecule has 3 heteroatoms. The molecule has 144 valence electrons. The first-order chi connectivity index (χ1) is 13.7. The molecule has 0 aliphatic rings. The molecule has 0 unspecified atom stereocenters. The molecule has 0 fully saturated rings. The highest BCUT2D eigenvalue weighted by molar-refractivity contribution is 5.99. The van der Waals surface area contributed by atoms with Crippen molar-refractivity contribution in [3.05, 3.63) is 102 Å². The molecule has 3 aromatic carbocycles. The van der Waals surface area contributed by atoms with E-state index in [4.69, 9.17) is 0 Å². The van der Waals surface area contributed by atoms with E-state index in [2.05, 4.69) is 59.5 Å². The maximum Gasteiger partial charge on any atom is 0.255 e. The molecular weight excluding hydrogens is 344 g/mol. The van der Waals surface area contributed by atoms with Crippen LogP contribution in [0.25, 0.3) is 0 Å². The van der Waals surface area contributed by atoms with Crippen molar-refractivity contribution in [3.8, 4) is 0 Å². The van der Waals surface area contributed by atoms with E-state index in [-0.39, 0.29) is 5.91 Å². The smallest absolute Gasteiger partial charge is 0.255 e. The second kappa shape index (κ2) is 9.75. The van der Waals surface area contributed by atoms with Crippen LogP contribution in [-0.2, 0) is 13.1 Å². The molecule has 3 nitrogen and oxygen atoms in total. The van der Waals surface area contributed by atoms with E-state index in [1.807, 2.05) is 49.1 Å². The van der Waals surface area contributed by atoms with Gasteiger partial charge in [-0.2, -0.15) is 0 Å². The average Bonchev–Trinajstić information content (AvgIpc) is 2.75. The third-order valence-corrected chi connectivity index (χ3v) is 4.96. The number of anilines is 1. The zero-order valence-electron chi connectivity index (χ0n) is 16.7. The Bertz CT molecular complexity index is 832. The van der Waals surface area contributed by atoms with E-state index in [0.29, 0.717) is 13.1 Å². The van der Waals surface area contributed by atoms with Gasteiger partial charge in [0.1, 0.15) is 0 Å². The van der Waals surface area contributed by atoms with Crippen LogP contribution in [0.3, 0.4) is 0 Å². The predicted molar refractivity (Wildman–Crippen MR) is 116 cm³/mol. The molecule has 28 heavy (non-hydrogen) atoms. The van der Waals surface area contributed by atoms with Crippen molar-refractivity contribution in [1.29, 1.82) is 0 Å². The Kier molecular flexibility index (Phi) is 6.85. The number of nitrogens with zero attached hydrogens (tertiary/aromatic N) is 2. The van der Waals surface area contributed by atoms with Gasteiger partial charge in [0, 0.05) is 26.2 Å². The van der Waals surface area contributed by atoms with Crippen LogP contribution in [0, 0.1) is 0 Å². The summed E-state index contributed by atoms with van der Waals surface area (Å²) in [5, 5.41) is 0. The monoisotopic (exact) mass is 372 g/mol. The molecule has 0 radical (unpaired) electrons. The van der Waals surface area contributed by atoms with Crippen LogP contribution in [-0.4, -0.2) is 23.9 Å². The summed E-state index contributed by atoms with van der Waals surface area (Å²) in [5.74, 6) is 0.0896. The number of para-hydroxylation sites is 1. The summed E-state index contributed by atoms with van der Waals surface area (Å²) in [5.41, 5.74) is 4.19. The fourth-order valence-electron chi connectivity index (χ4n) is 3.45. The first-order valence-electron chi connectivity index (χ1n) is 9.94. The van der Waals surface area contributed by atoms with Crippen molar-refractivity contribution in [1.82, 2.24) is 4.90 Å². The third-order valence-electron chi connectivity index (χ3n) is 4.96. The summed E-state index contributed by atoms with van der Waals surface area (Å²) in [7, 11) is 0. The Balaban J connectivity index is 1.99. The zero-order chi connectivity index (χ0) is 19.8. The quantitative estimate of drug-likeness (QED) is 0.530. The van der Waals surface area contributed by atoms with Crippen LogP contribution in [0.1, 0.15) is 35.3 Å². The van der Waals surface area contributed by atoms with Crippen LogP contribution in [0.5, 0.6) is 0 Å². The number of carbonyl (C=O) groups is 1. The van der Waals surface area contributed by atoms with Gasteiger partial charge in [-0.3, -0.25) is 4.79 Å². The zero-order valence-corrected chi connectivity index (χ0v) is 16.7. The number of rotatable bonds is 8. The summed E-state index contributed by atoms with van der Waals surface area (Å²) in [6.45, 7) is 6.96. The van der Waals surface area contributed by atoms with Gasteiger partial charge in [-0.05, 0) is 37.1 Å². The summed E-state index contributed by atoms with van der Waals surface area (Å²) >= 11 is 0. The average molecular weight is 373 g/mol. The molecule has 0 heterocycles.